The molecule has 9 nitrogen and oxygen atoms in total. The van der Waals surface area contributed by atoms with Crippen LogP contribution >= 0.6 is 0 Å². The monoisotopic (exact) mass is 556 g/mol. The second-order valence-corrected chi connectivity index (χ2v) is 8.05. The van der Waals surface area contributed by atoms with Crippen molar-refractivity contribution in [3.05, 3.63) is 66.0 Å². The molecular weight excluding hydrogens is 540 g/mol. The van der Waals surface area contributed by atoms with E-state index in [0.29, 0.717) is 18.4 Å². The van der Waals surface area contributed by atoms with Crippen molar-refractivity contribution < 1.29 is 60.0 Å². The van der Waals surface area contributed by atoms with Gasteiger partial charge in [0.05, 0.1) is 5.56 Å². The number of hydrogen-bond acceptors (Lipinski definition) is 8. The number of ether oxygens (including phenoxy) is 4. The third-order valence-electron chi connectivity index (χ3n) is 4.32. The average molecular weight is 556 g/mol. The van der Waals surface area contributed by atoms with Gasteiger partial charge in [0.15, 0.2) is 33.5 Å². The number of benzene rings is 2. The van der Waals surface area contributed by atoms with Crippen LogP contribution in [0.3, 0.4) is 0 Å². The Balaban J connectivity index is 2.05. The second-order valence-electron chi connectivity index (χ2n) is 8.05. The van der Waals surface area contributed by atoms with Crippen LogP contribution in [0.2, 0.25) is 0 Å². The van der Waals surface area contributed by atoms with E-state index in [1.807, 2.05) is 0 Å². The van der Waals surface area contributed by atoms with Gasteiger partial charge in [0.2, 0.25) is 0 Å². The van der Waals surface area contributed by atoms with Crippen molar-refractivity contribution in [3.63, 3.8) is 0 Å². The highest BCUT2D eigenvalue weighted by Crippen LogP contribution is 2.40. The minimum Gasteiger partial charge on any atom is -0.476 e. The Labute approximate surface area is 217 Å². The molecule has 1 aromatic heterocycles. The third-order valence-corrected chi connectivity index (χ3v) is 4.32. The Morgan fingerprint density at radius 1 is 0.846 bits per heavy atom. The van der Waals surface area contributed by atoms with Crippen LogP contribution in [0, 0.1) is 0 Å². The van der Waals surface area contributed by atoms with Crippen molar-refractivity contribution in [2.24, 2.45) is 0 Å². The normalized spacial score (nSPS) is 11.9. The quantitative estimate of drug-likeness (QED) is 0.179. The van der Waals surface area contributed by atoms with Crippen molar-refractivity contribution in [2.75, 3.05) is 5.32 Å². The van der Waals surface area contributed by atoms with E-state index in [-0.39, 0.29) is 16.9 Å². The number of pyridine rings is 1. The first kappa shape index (κ1) is 29.2. The number of aldehydes is 1. The summed E-state index contributed by atoms with van der Waals surface area (Å²) in [5.41, 5.74) is -2.21. The number of aromatic nitrogens is 1. The summed E-state index contributed by atoms with van der Waals surface area (Å²) in [6.45, 7) is 0. The summed E-state index contributed by atoms with van der Waals surface area (Å²) < 4.78 is 95.0. The van der Waals surface area contributed by atoms with Crippen molar-refractivity contribution in [1.29, 1.82) is 0 Å². The van der Waals surface area contributed by atoms with Gasteiger partial charge in [-0.05, 0) is 36.4 Å². The molecule has 0 atom stereocenters. The van der Waals surface area contributed by atoms with Crippen molar-refractivity contribution in [3.8, 4) is 28.7 Å². The molecule has 2 aromatic carbocycles. The number of halogens is 6. The summed E-state index contributed by atoms with van der Waals surface area (Å²) in [5, 5.41) is 12.4. The molecule has 0 saturated heterocycles. The Kier molecular flexibility index (Phi) is 8.33. The number of hydrogen-bond donors (Lipinski definition) is 2. The molecule has 0 radical (unpaired) electrons. The minimum absolute atomic E-state index is 0.0206. The number of alkyl halides is 6. The van der Waals surface area contributed by atoms with E-state index in [4.69, 9.17) is 9.47 Å². The molecule has 0 fully saturated rings. The fraction of sp³-hybridized carbons (Fsp3) is 0.136. The summed E-state index contributed by atoms with van der Waals surface area (Å²) in [7, 11) is 2.29. The molecule has 0 spiro atoms. The molecule has 0 aliphatic heterocycles. The molecular formula is C22H16B2F6N2O7. The van der Waals surface area contributed by atoms with Crippen molar-refractivity contribution in [1.82, 2.24) is 4.98 Å². The van der Waals surface area contributed by atoms with E-state index in [0.717, 1.165) is 40.0 Å². The highest BCUT2D eigenvalue weighted by atomic mass is 19.4. The van der Waals surface area contributed by atoms with E-state index >= 15 is 0 Å². The molecule has 0 saturated carbocycles. The van der Waals surface area contributed by atoms with Gasteiger partial charge in [-0.15, -0.1) is 26.3 Å². The number of nitrogens with zero attached hydrogens (tertiary/aromatic N) is 1. The third kappa shape index (κ3) is 9.14. The number of carbonyl (C=O) groups is 2. The lowest BCUT2D eigenvalue weighted by Gasteiger charge is -2.23. The lowest BCUT2D eigenvalue weighted by Crippen LogP contribution is -2.36. The zero-order valence-electron chi connectivity index (χ0n) is 19.9. The summed E-state index contributed by atoms with van der Waals surface area (Å²) in [6.07, 6.45) is -8.53. The smallest absolute Gasteiger partial charge is 0.476 e. The maximum Gasteiger partial charge on any atom is 0.573 e. The molecule has 2 N–H and O–H groups in total. The van der Waals surface area contributed by atoms with E-state index in [1.165, 1.54) is 18.3 Å². The van der Waals surface area contributed by atoms with E-state index in [2.05, 4.69) is 19.8 Å². The summed E-state index contributed by atoms with van der Waals surface area (Å²) >= 11 is 0. The number of amides is 1. The summed E-state index contributed by atoms with van der Waals surface area (Å²) in [6, 6.07) is 7.48. The first-order chi connectivity index (χ1) is 18.0. The van der Waals surface area contributed by atoms with Crippen LogP contribution in [0.25, 0.3) is 0 Å². The molecule has 0 aliphatic rings. The zero-order valence-corrected chi connectivity index (χ0v) is 19.9. The second kappa shape index (κ2) is 11.1. The van der Waals surface area contributed by atoms with Gasteiger partial charge in [-0.2, -0.15) is 0 Å². The predicted molar refractivity (Wildman–Crippen MR) is 127 cm³/mol. The SMILES string of the molecule is BC(B)(O)Oc1cc(OC(F)(F)F)ccc1Oc1cc(OC(F)(F)F)ccc1C(=O)Nc1ccnc(C=O)c1. The van der Waals surface area contributed by atoms with Crippen molar-refractivity contribution >= 4 is 33.6 Å². The standard InChI is InChI=1S/C22H16B2F6N2O7/c23-20(24,35)39-18-9-14(38-22(28,29)30)2-4-16(18)36-17-8-13(37-21(25,26)27)1-3-15(17)19(34)32-11-5-6-31-12(7-11)10-33/h1-10,35H,23-24H2,(H,31,32,34). The Hall–Kier alpha value is -4.40. The number of aliphatic hydroxyl groups is 1. The Morgan fingerprint density at radius 2 is 1.44 bits per heavy atom. The zero-order chi connectivity index (χ0) is 29.0. The lowest BCUT2D eigenvalue weighted by atomic mass is 9.76. The van der Waals surface area contributed by atoms with Gasteiger partial charge < -0.3 is 29.4 Å². The molecule has 0 bridgehead atoms. The molecule has 39 heavy (non-hydrogen) atoms. The first-order valence-electron chi connectivity index (χ1n) is 10.6. The maximum absolute atomic E-state index is 13.0. The van der Waals surface area contributed by atoms with Crippen LogP contribution in [-0.2, 0) is 0 Å². The minimum atomic E-state index is -5.10. The fourth-order valence-corrected chi connectivity index (χ4v) is 3.00. The van der Waals surface area contributed by atoms with Crippen LogP contribution < -0.4 is 24.3 Å². The van der Waals surface area contributed by atoms with Crippen LogP contribution in [0.4, 0.5) is 32.0 Å². The number of nitrogens with one attached hydrogen (secondary N) is 1. The summed E-state index contributed by atoms with van der Waals surface area (Å²) in [5.74, 6) is -3.91. The molecule has 0 unspecified atom stereocenters. The Morgan fingerprint density at radius 3 is 2.00 bits per heavy atom. The van der Waals surface area contributed by atoms with Gasteiger partial charge in [0, 0.05) is 24.0 Å². The number of rotatable bonds is 9. The highest BCUT2D eigenvalue weighted by Gasteiger charge is 2.33. The van der Waals surface area contributed by atoms with Crippen LogP contribution in [0.1, 0.15) is 20.8 Å². The van der Waals surface area contributed by atoms with E-state index in [1.54, 1.807) is 0 Å². The first-order valence-corrected chi connectivity index (χ1v) is 10.6. The van der Waals surface area contributed by atoms with Crippen molar-refractivity contribution in [2.45, 2.75) is 18.3 Å². The highest BCUT2D eigenvalue weighted by molar-refractivity contribution is 6.37. The van der Waals surface area contributed by atoms with Crippen LogP contribution in [0.5, 0.6) is 28.7 Å². The molecule has 3 rings (SSSR count). The summed E-state index contributed by atoms with van der Waals surface area (Å²) in [4.78, 5) is 27.7. The van der Waals surface area contributed by atoms with Crippen LogP contribution in [-0.4, -0.2) is 56.3 Å². The number of anilines is 1. The fourth-order valence-electron chi connectivity index (χ4n) is 3.00. The number of carbonyl (C=O) groups excluding carboxylic acids is 2. The molecule has 204 valence electrons. The molecule has 0 aliphatic carbocycles. The van der Waals surface area contributed by atoms with Gasteiger partial charge in [0.25, 0.3) is 5.91 Å². The van der Waals surface area contributed by atoms with Crippen LogP contribution in [0.15, 0.2) is 54.7 Å². The van der Waals surface area contributed by atoms with E-state index in [9.17, 15) is 41.0 Å². The van der Waals surface area contributed by atoms with Gasteiger partial charge >= 0.3 is 12.7 Å². The predicted octanol–water partition coefficient (Wildman–Crippen LogP) is 2.98. The Bertz CT molecular complexity index is 1360. The van der Waals surface area contributed by atoms with Gasteiger partial charge in [-0.25, -0.2) is 0 Å². The van der Waals surface area contributed by atoms with Gasteiger partial charge in [0.1, 0.15) is 28.5 Å². The molecule has 1 heterocycles. The molecule has 17 heteroatoms. The topological polar surface area (TPSA) is 116 Å². The molecule has 1 amide bonds. The lowest BCUT2D eigenvalue weighted by molar-refractivity contribution is -0.275. The van der Waals surface area contributed by atoms with Gasteiger partial charge in [-0.1, -0.05) is 0 Å². The van der Waals surface area contributed by atoms with Gasteiger partial charge in [-0.3, -0.25) is 14.6 Å². The van der Waals surface area contributed by atoms with E-state index < -0.39 is 53.0 Å². The maximum atomic E-state index is 13.0. The largest absolute Gasteiger partial charge is 0.573 e. The molecule has 3 aromatic rings. The average Bonchev–Trinajstić information content (AvgIpc) is 2.78.